The predicted molar refractivity (Wildman–Crippen MR) is 142 cm³/mol. The van der Waals surface area contributed by atoms with Crippen LogP contribution in [0.4, 0.5) is 0 Å². The Morgan fingerprint density at radius 1 is 0.889 bits per heavy atom. The summed E-state index contributed by atoms with van der Waals surface area (Å²) in [6, 6.07) is 25.5. The highest BCUT2D eigenvalue weighted by Crippen LogP contribution is 2.28. The summed E-state index contributed by atoms with van der Waals surface area (Å²) in [6.45, 7) is 4.98. The highest BCUT2D eigenvalue weighted by molar-refractivity contribution is 6.16. The molecule has 0 radical (unpaired) electrons. The molecule has 0 saturated carbocycles. The quantitative estimate of drug-likeness (QED) is 0.159. The molecule has 0 amide bonds. The lowest BCUT2D eigenvalue weighted by atomic mass is 10.0. The molecule has 0 aliphatic carbocycles. The lowest BCUT2D eigenvalue weighted by molar-refractivity contribution is -0.143. The third-order valence-electron chi connectivity index (χ3n) is 6.24. The van der Waals surface area contributed by atoms with Crippen molar-refractivity contribution < 1.29 is 19.1 Å². The molecule has 0 spiro atoms. The SMILES string of the molecule is CCCC(Oc1ccc(C(=O)c2cn(CCCC(=O)OCC)c3ccccc23)cc1)c1ccccc1. The number of aryl methyl sites for hydroxylation is 1. The van der Waals surface area contributed by atoms with Crippen LogP contribution in [0, 0.1) is 0 Å². The maximum absolute atomic E-state index is 13.5. The van der Waals surface area contributed by atoms with Crippen molar-refractivity contribution in [1.82, 2.24) is 4.57 Å². The predicted octanol–water partition coefficient (Wildman–Crippen LogP) is 7.14. The average molecular weight is 484 g/mol. The van der Waals surface area contributed by atoms with Crippen LogP contribution in [0.3, 0.4) is 0 Å². The molecule has 186 valence electrons. The minimum atomic E-state index is -0.194. The van der Waals surface area contributed by atoms with Crippen LogP contribution < -0.4 is 4.74 Å². The topological polar surface area (TPSA) is 57.5 Å². The van der Waals surface area contributed by atoms with E-state index in [1.54, 1.807) is 6.92 Å². The fourth-order valence-electron chi connectivity index (χ4n) is 4.47. The monoisotopic (exact) mass is 483 g/mol. The van der Waals surface area contributed by atoms with Crippen molar-refractivity contribution >= 4 is 22.7 Å². The Bertz CT molecular complexity index is 1290. The second-order valence-electron chi connectivity index (χ2n) is 8.82. The van der Waals surface area contributed by atoms with Crippen LogP contribution in [0.25, 0.3) is 10.9 Å². The van der Waals surface area contributed by atoms with E-state index in [0.29, 0.717) is 37.1 Å². The number of nitrogens with zero attached hydrogens (tertiary/aromatic N) is 1. The second-order valence-corrected chi connectivity index (χ2v) is 8.82. The fraction of sp³-hybridized carbons (Fsp3) is 0.290. The molecule has 1 heterocycles. The molecular formula is C31H33NO4. The lowest BCUT2D eigenvalue weighted by Crippen LogP contribution is -2.08. The van der Waals surface area contributed by atoms with Crippen molar-refractivity contribution in [1.29, 1.82) is 0 Å². The van der Waals surface area contributed by atoms with Gasteiger partial charge in [-0.25, -0.2) is 0 Å². The Labute approximate surface area is 212 Å². The number of benzene rings is 3. The summed E-state index contributed by atoms with van der Waals surface area (Å²) in [6.07, 6.45) is 4.81. The number of fused-ring (bicyclic) bond motifs is 1. The van der Waals surface area contributed by atoms with Crippen molar-refractivity contribution in [2.45, 2.75) is 52.2 Å². The van der Waals surface area contributed by atoms with Crippen LogP contribution >= 0.6 is 0 Å². The zero-order chi connectivity index (χ0) is 25.3. The number of carbonyl (C=O) groups excluding carboxylic acids is 2. The highest BCUT2D eigenvalue weighted by atomic mass is 16.5. The van der Waals surface area contributed by atoms with Gasteiger partial charge in [-0.15, -0.1) is 0 Å². The molecule has 5 heteroatoms. The van der Waals surface area contributed by atoms with Crippen molar-refractivity contribution in [2.24, 2.45) is 0 Å². The molecule has 0 bridgehead atoms. The van der Waals surface area contributed by atoms with Crippen LogP contribution in [-0.2, 0) is 16.1 Å². The zero-order valence-corrected chi connectivity index (χ0v) is 21.0. The van der Waals surface area contributed by atoms with Gasteiger partial charge in [0.1, 0.15) is 11.9 Å². The van der Waals surface area contributed by atoms with Gasteiger partial charge in [0, 0.05) is 41.2 Å². The molecule has 0 fully saturated rings. The van der Waals surface area contributed by atoms with Gasteiger partial charge in [-0.1, -0.05) is 61.9 Å². The number of esters is 1. The Balaban J connectivity index is 1.50. The number of carbonyl (C=O) groups is 2. The van der Waals surface area contributed by atoms with Crippen molar-refractivity contribution in [3.8, 4) is 5.75 Å². The van der Waals surface area contributed by atoms with E-state index in [2.05, 4.69) is 23.6 Å². The summed E-state index contributed by atoms with van der Waals surface area (Å²) in [4.78, 5) is 25.2. The van der Waals surface area contributed by atoms with Crippen LogP contribution in [0.2, 0.25) is 0 Å². The summed E-state index contributed by atoms with van der Waals surface area (Å²) in [5.41, 5.74) is 3.40. The first-order valence-electron chi connectivity index (χ1n) is 12.7. The number of aromatic nitrogens is 1. The summed E-state index contributed by atoms with van der Waals surface area (Å²) in [5, 5.41) is 0.908. The van der Waals surface area contributed by atoms with Crippen LogP contribution in [-0.4, -0.2) is 22.9 Å². The van der Waals surface area contributed by atoms with Gasteiger partial charge < -0.3 is 14.0 Å². The summed E-state index contributed by atoms with van der Waals surface area (Å²) < 4.78 is 13.4. The maximum Gasteiger partial charge on any atom is 0.305 e. The molecule has 3 aromatic carbocycles. The van der Waals surface area contributed by atoms with Crippen LogP contribution in [0.5, 0.6) is 5.75 Å². The molecule has 1 atom stereocenters. The van der Waals surface area contributed by atoms with E-state index >= 15 is 0 Å². The van der Waals surface area contributed by atoms with E-state index in [-0.39, 0.29) is 17.9 Å². The lowest BCUT2D eigenvalue weighted by Gasteiger charge is -2.19. The summed E-state index contributed by atoms with van der Waals surface area (Å²) >= 11 is 0. The van der Waals surface area contributed by atoms with Gasteiger partial charge in [-0.05, 0) is 55.7 Å². The first kappa shape index (κ1) is 25.2. The molecule has 0 aliphatic heterocycles. The normalized spacial score (nSPS) is 11.8. The highest BCUT2D eigenvalue weighted by Gasteiger charge is 2.18. The molecule has 36 heavy (non-hydrogen) atoms. The summed E-state index contributed by atoms with van der Waals surface area (Å²) in [5.74, 6) is 0.520. The maximum atomic E-state index is 13.5. The number of ketones is 1. The average Bonchev–Trinajstić information content (AvgIpc) is 3.28. The second kappa shape index (κ2) is 12.2. The molecule has 1 unspecified atom stereocenters. The smallest absolute Gasteiger partial charge is 0.305 e. The van der Waals surface area contributed by atoms with E-state index in [1.807, 2.05) is 72.9 Å². The van der Waals surface area contributed by atoms with Gasteiger partial charge in [0.15, 0.2) is 5.78 Å². The van der Waals surface area contributed by atoms with Crippen molar-refractivity contribution in [3.63, 3.8) is 0 Å². The molecule has 0 aliphatic rings. The molecule has 1 aromatic heterocycles. The largest absolute Gasteiger partial charge is 0.486 e. The van der Waals surface area contributed by atoms with Crippen LogP contribution in [0.1, 0.15) is 67.1 Å². The van der Waals surface area contributed by atoms with E-state index in [9.17, 15) is 9.59 Å². The molecule has 4 rings (SSSR count). The van der Waals surface area contributed by atoms with Gasteiger partial charge in [-0.2, -0.15) is 0 Å². The van der Waals surface area contributed by atoms with Gasteiger partial charge in [0.2, 0.25) is 0 Å². The number of hydrogen-bond acceptors (Lipinski definition) is 4. The summed E-state index contributed by atoms with van der Waals surface area (Å²) in [7, 11) is 0. The zero-order valence-electron chi connectivity index (χ0n) is 21.0. The Morgan fingerprint density at radius 3 is 2.33 bits per heavy atom. The number of para-hydroxylation sites is 1. The van der Waals surface area contributed by atoms with Crippen molar-refractivity contribution in [3.05, 3.63) is 102 Å². The van der Waals surface area contributed by atoms with Gasteiger partial charge >= 0.3 is 5.97 Å². The first-order valence-corrected chi connectivity index (χ1v) is 12.7. The minimum Gasteiger partial charge on any atom is -0.486 e. The molecule has 4 aromatic rings. The Kier molecular flexibility index (Phi) is 8.56. The van der Waals surface area contributed by atoms with E-state index in [0.717, 1.165) is 35.1 Å². The molecule has 0 N–H and O–H groups in total. The van der Waals surface area contributed by atoms with Gasteiger partial charge in [-0.3, -0.25) is 9.59 Å². The van der Waals surface area contributed by atoms with Crippen LogP contribution in [0.15, 0.2) is 85.1 Å². The van der Waals surface area contributed by atoms with E-state index in [1.165, 1.54) is 0 Å². The minimum absolute atomic E-state index is 0.0228. The van der Waals surface area contributed by atoms with Gasteiger partial charge in [0.05, 0.1) is 6.61 Å². The number of rotatable bonds is 12. The molecular weight excluding hydrogens is 450 g/mol. The number of hydrogen-bond donors (Lipinski definition) is 0. The standard InChI is InChI=1S/C31H33NO4/c1-3-11-29(23-12-6-5-7-13-23)36-25-19-17-24(18-20-25)31(34)27-22-32(21-10-16-30(33)35-4-2)28-15-9-8-14-26(27)28/h5-9,12-15,17-20,22,29H,3-4,10-11,16,21H2,1-2H3. The van der Waals surface area contributed by atoms with E-state index in [4.69, 9.17) is 9.47 Å². The van der Waals surface area contributed by atoms with Crippen molar-refractivity contribution in [2.75, 3.05) is 6.61 Å². The Hall–Kier alpha value is -3.86. The Morgan fingerprint density at radius 2 is 1.61 bits per heavy atom. The third-order valence-corrected chi connectivity index (χ3v) is 6.24. The first-order chi connectivity index (χ1) is 17.6. The number of ether oxygens (including phenoxy) is 2. The van der Waals surface area contributed by atoms with E-state index < -0.39 is 0 Å². The molecule has 0 saturated heterocycles. The van der Waals surface area contributed by atoms with Gasteiger partial charge in [0.25, 0.3) is 0 Å². The molecule has 5 nitrogen and oxygen atoms in total. The fourth-order valence-corrected chi connectivity index (χ4v) is 4.47. The third kappa shape index (κ3) is 6.03.